The van der Waals surface area contributed by atoms with Gasteiger partial charge < -0.3 is 5.32 Å². The fourth-order valence-corrected chi connectivity index (χ4v) is 2.56. The maximum atomic E-state index is 5.94. The van der Waals surface area contributed by atoms with Crippen LogP contribution in [-0.4, -0.2) is 16.5 Å². The molecule has 0 saturated carbocycles. The van der Waals surface area contributed by atoms with Crippen molar-refractivity contribution in [1.82, 2.24) is 9.97 Å². The van der Waals surface area contributed by atoms with Gasteiger partial charge in [-0.3, -0.25) is 0 Å². The van der Waals surface area contributed by atoms with Crippen LogP contribution < -0.4 is 5.32 Å². The second kappa shape index (κ2) is 6.91. The molecule has 0 aliphatic rings. The number of benzene rings is 2. The molecule has 0 saturated heterocycles. The van der Waals surface area contributed by atoms with Crippen LogP contribution in [0, 0.1) is 0 Å². The molecular formula is C17H14Cl3N3. The Labute approximate surface area is 149 Å². The molecule has 0 aliphatic carbocycles. The number of nitrogens with one attached hydrogen (secondary N) is 1. The molecule has 3 rings (SSSR count). The minimum absolute atomic E-state index is 0.170. The zero-order chi connectivity index (χ0) is 16.3. The monoisotopic (exact) mass is 365 g/mol. The summed E-state index contributed by atoms with van der Waals surface area (Å²) in [6.45, 7) is 0.727. The van der Waals surface area contributed by atoms with Crippen LogP contribution in [0.2, 0.25) is 0 Å². The lowest BCUT2D eigenvalue weighted by atomic mass is 10.1. The zero-order valence-electron chi connectivity index (χ0n) is 12.1. The number of anilines is 1. The van der Waals surface area contributed by atoms with E-state index in [1.165, 1.54) is 5.56 Å². The van der Waals surface area contributed by atoms with Gasteiger partial charge in [0.15, 0.2) is 5.82 Å². The Morgan fingerprint density at radius 2 is 1.57 bits per heavy atom. The van der Waals surface area contributed by atoms with Gasteiger partial charge in [0.25, 0.3) is 0 Å². The molecule has 3 aromatic rings. The van der Waals surface area contributed by atoms with Crippen LogP contribution in [0.3, 0.4) is 0 Å². The number of alkyl halides is 3. The lowest BCUT2D eigenvalue weighted by Gasteiger charge is -2.14. The predicted octanol–water partition coefficient (Wildman–Crippen LogP) is 5.11. The van der Waals surface area contributed by atoms with Crippen LogP contribution in [0.5, 0.6) is 0 Å². The lowest BCUT2D eigenvalue weighted by molar-refractivity contribution is 0.964. The van der Waals surface area contributed by atoms with E-state index in [-0.39, 0.29) is 5.82 Å². The van der Waals surface area contributed by atoms with E-state index in [1.54, 1.807) is 0 Å². The van der Waals surface area contributed by atoms with Gasteiger partial charge in [0.05, 0.1) is 5.52 Å². The van der Waals surface area contributed by atoms with Gasteiger partial charge in [0.2, 0.25) is 3.79 Å². The molecule has 1 heterocycles. The van der Waals surface area contributed by atoms with Crippen molar-refractivity contribution in [1.29, 1.82) is 0 Å². The summed E-state index contributed by atoms with van der Waals surface area (Å²) in [5.41, 5.74) is 1.99. The van der Waals surface area contributed by atoms with Gasteiger partial charge in [-0.05, 0) is 24.1 Å². The first-order chi connectivity index (χ1) is 11.0. The molecular weight excluding hydrogens is 353 g/mol. The first kappa shape index (κ1) is 16.3. The van der Waals surface area contributed by atoms with Crippen molar-refractivity contribution in [2.24, 2.45) is 0 Å². The van der Waals surface area contributed by atoms with Crippen molar-refractivity contribution in [3.05, 3.63) is 66.0 Å². The Balaban J connectivity index is 1.86. The molecule has 0 amide bonds. The third-order valence-corrected chi connectivity index (χ3v) is 3.91. The van der Waals surface area contributed by atoms with Gasteiger partial charge in [-0.2, -0.15) is 0 Å². The summed E-state index contributed by atoms with van der Waals surface area (Å²) < 4.78 is -1.65. The van der Waals surface area contributed by atoms with Gasteiger partial charge in [-0.15, -0.1) is 0 Å². The number of rotatable bonds is 4. The summed E-state index contributed by atoms with van der Waals surface area (Å²) in [5.74, 6) is 0.844. The molecule has 118 valence electrons. The van der Waals surface area contributed by atoms with Gasteiger partial charge in [-0.1, -0.05) is 77.3 Å². The number of para-hydroxylation sites is 1. The number of hydrogen-bond donors (Lipinski definition) is 1. The van der Waals surface area contributed by atoms with Crippen molar-refractivity contribution in [2.75, 3.05) is 11.9 Å². The van der Waals surface area contributed by atoms with Crippen LogP contribution >= 0.6 is 34.8 Å². The second-order valence-corrected chi connectivity index (χ2v) is 7.35. The number of aromatic nitrogens is 2. The molecule has 0 fully saturated rings. The maximum Gasteiger partial charge on any atom is 0.250 e. The van der Waals surface area contributed by atoms with Crippen LogP contribution in [0.15, 0.2) is 54.6 Å². The van der Waals surface area contributed by atoms with Crippen molar-refractivity contribution >= 4 is 51.5 Å². The van der Waals surface area contributed by atoms with E-state index in [1.807, 2.05) is 42.5 Å². The minimum Gasteiger partial charge on any atom is -0.369 e. The third-order valence-electron chi connectivity index (χ3n) is 3.41. The number of halogens is 3. The fourth-order valence-electron chi connectivity index (χ4n) is 2.31. The quantitative estimate of drug-likeness (QED) is 0.652. The van der Waals surface area contributed by atoms with Crippen molar-refractivity contribution in [3.63, 3.8) is 0 Å². The average Bonchev–Trinajstić information content (AvgIpc) is 2.55. The van der Waals surface area contributed by atoms with Crippen molar-refractivity contribution in [2.45, 2.75) is 10.2 Å². The average molecular weight is 367 g/mol. The van der Waals surface area contributed by atoms with E-state index in [9.17, 15) is 0 Å². The van der Waals surface area contributed by atoms with Gasteiger partial charge in [-0.25, -0.2) is 9.97 Å². The summed E-state index contributed by atoms with van der Waals surface area (Å²) in [6, 6.07) is 17.9. The molecule has 0 bridgehead atoms. The van der Waals surface area contributed by atoms with Crippen LogP contribution in [0.25, 0.3) is 10.9 Å². The number of nitrogens with zero attached hydrogens (tertiary/aromatic N) is 2. The molecule has 0 atom stereocenters. The Kier molecular flexibility index (Phi) is 4.90. The summed E-state index contributed by atoms with van der Waals surface area (Å²) >= 11 is 17.8. The first-order valence-corrected chi connectivity index (χ1v) is 8.29. The lowest BCUT2D eigenvalue weighted by Crippen LogP contribution is -2.12. The van der Waals surface area contributed by atoms with E-state index < -0.39 is 3.79 Å². The van der Waals surface area contributed by atoms with E-state index in [2.05, 4.69) is 27.4 Å². The molecule has 6 heteroatoms. The first-order valence-electron chi connectivity index (χ1n) is 7.16. The van der Waals surface area contributed by atoms with Crippen LogP contribution in [0.1, 0.15) is 11.4 Å². The van der Waals surface area contributed by atoms with Gasteiger partial charge in [0, 0.05) is 11.9 Å². The molecule has 0 unspecified atom stereocenters. The second-order valence-electron chi connectivity index (χ2n) is 5.07. The molecule has 0 spiro atoms. The normalized spacial score (nSPS) is 11.6. The smallest absolute Gasteiger partial charge is 0.250 e. The molecule has 0 aliphatic heterocycles. The van der Waals surface area contributed by atoms with Gasteiger partial charge >= 0.3 is 0 Å². The molecule has 1 N–H and O–H groups in total. The topological polar surface area (TPSA) is 37.8 Å². The molecule has 23 heavy (non-hydrogen) atoms. The Morgan fingerprint density at radius 1 is 0.870 bits per heavy atom. The highest BCUT2D eigenvalue weighted by atomic mass is 35.6. The minimum atomic E-state index is -1.65. The third kappa shape index (κ3) is 4.05. The van der Waals surface area contributed by atoms with Crippen LogP contribution in [0.4, 0.5) is 5.82 Å². The summed E-state index contributed by atoms with van der Waals surface area (Å²) in [7, 11) is 0. The van der Waals surface area contributed by atoms with Gasteiger partial charge in [0.1, 0.15) is 5.82 Å². The summed E-state index contributed by atoms with van der Waals surface area (Å²) in [6.07, 6.45) is 0.877. The SMILES string of the molecule is ClC(Cl)(Cl)c1nc(NCCc2ccccc2)c2ccccc2n1. The Bertz CT molecular complexity index is 801. The van der Waals surface area contributed by atoms with E-state index in [4.69, 9.17) is 34.8 Å². The highest BCUT2D eigenvalue weighted by Gasteiger charge is 2.27. The highest BCUT2D eigenvalue weighted by molar-refractivity contribution is 6.66. The standard InChI is InChI=1S/C17H14Cl3N3/c18-17(19,20)16-22-14-9-5-4-8-13(14)15(23-16)21-11-10-12-6-2-1-3-7-12/h1-9H,10-11H2,(H,21,22,23). The largest absolute Gasteiger partial charge is 0.369 e. The molecule has 0 radical (unpaired) electrons. The number of hydrogen-bond acceptors (Lipinski definition) is 3. The summed E-state index contributed by atoms with van der Waals surface area (Å²) in [5, 5.41) is 4.22. The summed E-state index contributed by atoms with van der Waals surface area (Å²) in [4.78, 5) is 8.71. The van der Waals surface area contributed by atoms with Crippen molar-refractivity contribution in [3.8, 4) is 0 Å². The number of fused-ring (bicyclic) bond motifs is 1. The molecule has 2 aromatic carbocycles. The maximum absolute atomic E-state index is 5.94. The zero-order valence-corrected chi connectivity index (χ0v) is 14.4. The van der Waals surface area contributed by atoms with E-state index in [0.717, 1.165) is 23.9 Å². The molecule has 3 nitrogen and oxygen atoms in total. The fraction of sp³-hybridized carbons (Fsp3) is 0.176. The Hall–Kier alpha value is -1.55. The van der Waals surface area contributed by atoms with E-state index in [0.29, 0.717) is 5.82 Å². The van der Waals surface area contributed by atoms with E-state index >= 15 is 0 Å². The van der Waals surface area contributed by atoms with Crippen molar-refractivity contribution < 1.29 is 0 Å². The van der Waals surface area contributed by atoms with Crippen LogP contribution in [-0.2, 0) is 10.2 Å². The highest BCUT2D eigenvalue weighted by Crippen LogP contribution is 2.37. The molecule has 1 aromatic heterocycles. The Morgan fingerprint density at radius 3 is 2.30 bits per heavy atom. The predicted molar refractivity (Wildman–Crippen MR) is 97.4 cm³/mol.